The zero-order chi connectivity index (χ0) is 15.9. The molecule has 1 atom stereocenters. The highest BCUT2D eigenvalue weighted by atomic mass is 15.3. The van der Waals surface area contributed by atoms with E-state index in [-0.39, 0.29) is 0 Å². The molecule has 1 unspecified atom stereocenters. The number of nitrogens with zero attached hydrogens (tertiary/aromatic N) is 4. The van der Waals surface area contributed by atoms with Gasteiger partial charge in [-0.15, -0.1) is 0 Å². The standard InChI is InChI=1S/C18H26N4/c1-13(2)9-10-21-12-15-7-6-8-16-17(15)22(11-14(21)3)18(19-16)20(4)5/h6-9,14H,10-12H2,1-5H3. The lowest BCUT2D eigenvalue weighted by Gasteiger charge is -2.27. The van der Waals surface area contributed by atoms with Crippen LogP contribution < -0.4 is 4.90 Å². The van der Waals surface area contributed by atoms with Crippen LogP contribution in [0.1, 0.15) is 26.3 Å². The Labute approximate surface area is 133 Å². The van der Waals surface area contributed by atoms with Gasteiger partial charge in [0.1, 0.15) is 0 Å². The van der Waals surface area contributed by atoms with Crippen molar-refractivity contribution in [2.75, 3.05) is 25.5 Å². The molecule has 4 heteroatoms. The van der Waals surface area contributed by atoms with Crippen LogP contribution in [-0.4, -0.2) is 41.1 Å². The molecular formula is C18H26N4. The lowest BCUT2D eigenvalue weighted by atomic mass is 10.1. The van der Waals surface area contributed by atoms with Crippen molar-refractivity contribution in [3.05, 3.63) is 35.4 Å². The van der Waals surface area contributed by atoms with Crippen molar-refractivity contribution in [3.8, 4) is 0 Å². The maximum absolute atomic E-state index is 4.82. The van der Waals surface area contributed by atoms with Crippen LogP contribution in [0.25, 0.3) is 11.0 Å². The van der Waals surface area contributed by atoms with Gasteiger partial charge in [-0.1, -0.05) is 23.8 Å². The summed E-state index contributed by atoms with van der Waals surface area (Å²) in [6, 6.07) is 6.98. The first-order chi connectivity index (χ1) is 10.5. The highest BCUT2D eigenvalue weighted by molar-refractivity contribution is 5.82. The SMILES string of the molecule is CC(C)=CCN1Cc2cccc3nc(N(C)C)n(c23)CC1C. The number of para-hydroxylation sites is 1. The Balaban J connectivity index is 2.07. The molecule has 3 rings (SSSR count). The summed E-state index contributed by atoms with van der Waals surface area (Å²) in [5.74, 6) is 1.05. The molecule has 118 valence electrons. The molecule has 0 amide bonds. The van der Waals surface area contributed by atoms with Crippen LogP contribution in [0.3, 0.4) is 0 Å². The largest absolute Gasteiger partial charge is 0.348 e. The monoisotopic (exact) mass is 298 g/mol. The Hall–Kier alpha value is -1.81. The maximum atomic E-state index is 4.82. The summed E-state index contributed by atoms with van der Waals surface area (Å²) in [4.78, 5) is 9.48. The number of anilines is 1. The topological polar surface area (TPSA) is 24.3 Å². The van der Waals surface area contributed by atoms with E-state index in [0.717, 1.165) is 31.1 Å². The van der Waals surface area contributed by atoms with E-state index in [2.05, 4.69) is 73.5 Å². The Bertz CT molecular complexity index is 707. The predicted octanol–water partition coefficient (Wildman–Crippen LogP) is 3.27. The predicted molar refractivity (Wildman–Crippen MR) is 93.4 cm³/mol. The molecule has 2 aromatic rings. The minimum absolute atomic E-state index is 0.485. The van der Waals surface area contributed by atoms with Crippen molar-refractivity contribution < 1.29 is 0 Å². The minimum Gasteiger partial charge on any atom is -0.348 e. The van der Waals surface area contributed by atoms with Gasteiger partial charge in [0.05, 0.1) is 11.0 Å². The first-order valence-corrected chi connectivity index (χ1v) is 8.00. The second-order valence-corrected chi connectivity index (χ2v) is 6.76. The zero-order valence-electron chi connectivity index (χ0n) is 14.3. The summed E-state index contributed by atoms with van der Waals surface area (Å²) in [6.07, 6.45) is 2.32. The van der Waals surface area contributed by atoms with E-state index in [4.69, 9.17) is 4.98 Å². The van der Waals surface area contributed by atoms with Gasteiger partial charge in [-0.05, 0) is 32.4 Å². The van der Waals surface area contributed by atoms with Crippen LogP contribution in [0.15, 0.2) is 29.8 Å². The fourth-order valence-corrected chi connectivity index (χ4v) is 3.19. The first kappa shape index (κ1) is 15.1. The number of benzene rings is 1. The molecule has 0 N–H and O–H groups in total. The van der Waals surface area contributed by atoms with E-state index in [9.17, 15) is 0 Å². The van der Waals surface area contributed by atoms with Gasteiger partial charge in [-0.2, -0.15) is 0 Å². The fraction of sp³-hybridized carbons (Fsp3) is 0.500. The second kappa shape index (κ2) is 5.76. The Morgan fingerprint density at radius 3 is 2.82 bits per heavy atom. The van der Waals surface area contributed by atoms with Gasteiger partial charge >= 0.3 is 0 Å². The molecule has 4 nitrogen and oxygen atoms in total. The molecule has 2 heterocycles. The van der Waals surface area contributed by atoms with Crippen molar-refractivity contribution in [2.24, 2.45) is 0 Å². The average molecular weight is 298 g/mol. The van der Waals surface area contributed by atoms with Gasteiger partial charge in [-0.3, -0.25) is 4.90 Å². The van der Waals surface area contributed by atoms with Crippen molar-refractivity contribution in [1.82, 2.24) is 14.5 Å². The van der Waals surface area contributed by atoms with E-state index in [0.29, 0.717) is 6.04 Å². The number of rotatable bonds is 3. The molecule has 0 aliphatic carbocycles. The first-order valence-electron chi connectivity index (χ1n) is 8.00. The summed E-state index contributed by atoms with van der Waals surface area (Å²) in [6.45, 7) is 9.63. The molecule has 0 saturated carbocycles. The van der Waals surface area contributed by atoms with Crippen LogP contribution in [0.2, 0.25) is 0 Å². The molecule has 0 saturated heterocycles. The third kappa shape index (κ3) is 2.63. The number of allylic oxidation sites excluding steroid dienone is 1. The lowest BCUT2D eigenvalue weighted by molar-refractivity contribution is 0.211. The number of aromatic nitrogens is 2. The van der Waals surface area contributed by atoms with Gasteiger partial charge in [0.2, 0.25) is 5.95 Å². The summed E-state index contributed by atoms with van der Waals surface area (Å²) < 4.78 is 2.39. The highest BCUT2D eigenvalue weighted by Crippen LogP contribution is 2.29. The number of hydrogen-bond acceptors (Lipinski definition) is 3. The molecule has 1 aromatic heterocycles. The van der Waals surface area contributed by atoms with Crippen molar-refractivity contribution >= 4 is 17.0 Å². The summed E-state index contributed by atoms with van der Waals surface area (Å²) >= 11 is 0. The van der Waals surface area contributed by atoms with Crippen LogP contribution in [0, 0.1) is 0 Å². The third-order valence-electron chi connectivity index (χ3n) is 4.41. The molecule has 1 aliphatic rings. The minimum atomic E-state index is 0.485. The zero-order valence-corrected chi connectivity index (χ0v) is 14.3. The van der Waals surface area contributed by atoms with Crippen LogP contribution in [0.5, 0.6) is 0 Å². The average Bonchev–Trinajstić information content (AvgIpc) is 2.75. The normalized spacial score (nSPS) is 18.3. The Kier molecular flexibility index (Phi) is 3.96. The Morgan fingerprint density at radius 1 is 1.36 bits per heavy atom. The fourth-order valence-electron chi connectivity index (χ4n) is 3.19. The van der Waals surface area contributed by atoms with Gasteiger partial charge in [0, 0.05) is 39.8 Å². The Morgan fingerprint density at radius 2 is 2.14 bits per heavy atom. The molecular weight excluding hydrogens is 272 g/mol. The summed E-state index contributed by atoms with van der Waals surface area (Å²) in [5.41, 5.74) is 5.17. The van der Waals surface area contributed by atoms with E-state index in [1.165, 1.54) is 16.7 Å². The van der Waals surface area contributed by atoms with Gasteiger partial charge in [0.15, 0.2) is 0 Å². The van der Waals surface area contributed by atoms with Gasteiger partial charge in [-0.25, -0.2) is 4.98 Å². The quantitative estimate of drug-likeness (QED) is 0.813. The van der Waals surface area contributed by atoms with Gasteiger partial charge < -0.3 is 9.47 Å². The number of hydrogen-bond donors (Lipinski definition) is 0. The molecule has 1 aromatic carbocycles. The molecule has 0 bridgehead atoms. The molecule has 0 fully saturated rings. The maximum Gasteiger partial charge on any atom is 0.206 e. The summed E-state index contributed by atoms with van der Waals surface area (Å²) in [5, 5.41) is 0. The van der Waals surface area contributed by atoms with Gasteiger partial charge in [0.25, 0.3) is 0 Å². The van der Waals surface area contributed by atoms with E-state index < -0.39 is 0 Å². The second-order valence-electron chi connectivity index (χ2n) is 6.76. The van der Waals surface area contributed by atoms with Crippen molar-refractivity contribution in [3.63, 3.8) is 0 Å². The highest BCUT2D eigenvalue weighted by Gasteiger charge is 2.24. The van der Waals surface area contributed by atoms with Crippen molar-refractivity contribution in [2.45, 2.75) is 39.9 Å². The van der Waals surface area contributed by atoms with E-state index in [1.54, 1.807) is 0 Å². The smallest absolute Gasteiger partial charge is 0.206 e. The molecule has 0 radical (unpaired) electrons. The van der Waals surface area contributed by atoms with Crippen LogP contribution in [-0.2, 0) is 13.1 Å². The van der Waals surface area contributed by atoms with E-state index >= 15 is 0 Å². The molecule has 0 spiro atoms. The third-order valence-corrected chi connectivity index (χ3v) is 4.41. The number of imidazole rings is 1. The van der Waals surface area contributed by atoms with Crippen LogP contribution >= 0.6 is 0 Å². The molecule has 1 aliphatic heterocycles. The van der Waals surface area contributed by atoms with Crippen molar-refractivity contribution in [1.29, 1.82) is 0 Å². The van der Waals surface area contributed by atoms with E-state index in [1.807, 2.05) is 0 Å². The molecule has 22 heavy (non-hydrogen) atoms. The summed E-state index contributed by atoms with van der Waals surface area (Å²) in [7, 11) is 4.14. The lowest BCUT2D eigenvalue weighted by Crippen LogP contribution is -2.34. The van der Waals surface area contributed by atoms with Crippen LogP contribution in [0.4, 0.5) is 5.95 Å².